The van der Waals surface area contributed by atoms with Crippen molar-refractivity contribution >= 4 is 49.8 Å². The standard InChI is InChI=1S/C36H58O7S2.Na.H/c1-3-5-7-9-11-13-15-17-19-21-23-31-25-27-33(35(29-31)44(37,38)39)43-34-28-26-32(30-36(34)45(40,41)42)24-22-20-18-16-14-12-10-8-6-4-2;;/h25-30H,3-24H2,1-2H3,(H,37,38,39)(H,40,41,42);;. The monoisotopic (exact) mass is 690 g/mol. The Bertz CT molecular complexity index is 1230. The summed E-state index contributed by atoms with van der Waals surface area (Å²) in [7, 11) is -9.30. The summed E-state index contributed by atoms with van der Waals surface area (Å²) in [6.45, 7) is 4.44. The van der Waals surface area contributed by atoms with Gasteiger partial charge in [0.2, 0.25) is 0 Å². The van der Waals surface area contributed by atoms with Crippen molar-refractivity contribution in [3.63, 3.8) is 0 Å². The summed E-state index contributed by atoms with van der Waals surface area (Å²) >= 11 is 0. The average Bonchev–Trinajstić information content (AvgIpc) is 2.99. The molecule has 46 heavy (non-hydrogen) atoms. The summed E-state index contributed by atoms with van der Waals surface area (Å²) in [5, 5.41) is 0. The SMILES string of the molecule is CCCCCCCCCCCCc1ccc(Oc2ccc(CCCCCCCCCCCC)cc2S(=O)(=O)O)c(S(=O)(=O)O)c1.[NaH]. The van der Waals surface area contributed by atoms with Gasteiger partial charge < -0.3 is 4.74 Å². The van der Waals surface area contributed by atoms with Gasteiger partial charge in [-0.2, -0.15) is 16.8 Å². The number of benzene rings is 2. The number of aryl methyl sites for hydroxylation is 2. The Labute approximate surface area is 302 Å². The van der Waals surface area contributed by atoms with E-state index in [4.69, 9.17) is 4.74 Å². The zero-order chi connectivity index (χ0) is 33.0. The molecule has 7 nitrogen and oxygen atoms in total. The summed E-state index contributed by atoms with van der Waals surface area (Å²) in [4.78, 5) is -0.856. The number of hydrogen-bond donors (Lipinski definition) is 2. The first-order chi connectivity index (χ1) is 21.6. The Balaban J connectivity index is 0.0000106. The van der Waals surface area contributed by atoms with Gasteiger partial charge in [0.15, 0.2) is 0 Å². The van der Waals surface area contributed by atoms with Gasteiger partial charge in [0.1, 0.15) is 21.3 Å². The van der Waals surface area contributed by atoms with Crippen molar-refractivity contribution in [2.24, 2.45) is 0 Å². The van der Waals surface area contributed by atoms with Gasteiger partial charge in [-0.15, -0.1) is 0 Å². The van der Waals surface area contributed by atoms with Gasteiger partial charge in [0, 0.05) is 0 Å². The minimum atomic E-state index is -4.65. The molecule has 0 radical (unpaired) electrons. The second kappa shape index (κ2) is 24.2. The van der Waals surface area contributed by atoms with Crippen LogP contribution in [0.3, 0.4) is 0 Å². The van der Waals surface area contributed by atoms with Crippen LogP contribution in [-0.4, -0.2) is 55.5 Å². The molecule has 0 unspecified atom stereocenters. The zero-order valence-electron chi connectivity index (χ0n) is 27.8. The average molecular weight is 691 g/mol. The molecule has 2 N–H and O–H groups in total. The van der Waals surface area contributed by atoms with Crippen molar-refractivity contribution in [3.8, 4) is 11.5 Å². The van der Waals surface area contributed by atoms with Crippen molar-refractivity contribution in [2.45, 2.75) is 165 Å². The second-order valence-corrected chi connectivity index (χ2v) is 15.3. The molecule has 0 atom stereocenters. The topological polar surface area (TPSA) is 118 Å². The molecule has 0 aliphatic carbocycles. The van der Waals surface area contributed by atoms with Crippen LogP contribution in [0.5, 0.6) is 11.5 Å². The number of ether oxygens (including phenoxy) is 1. The van der Waals surface area contributed by atoms with Crippen LogP contribution in [0.25, 0.3) is 0 Å². The first-order valence-electron chi connectivity index (χ1n) is 17.4. The molecule has 0 aliphatic heterocycles. The first kappa shape index (κ1) is 43.1. The molecule has 0 amide bonds. The number of hydrogen-bond acceptors (Lipinski definition) is 5. The Morgan fingerprint density at radius 2 is 0.761 bits per heavy atom. The predicted octanol–water partition coefficient (Wildman–Crippen LogP) is 10.3. The van der Waals surface area contributed by atoms with Crippen LogP contribution in [0.1, 0.15) is 153 Å². The Hall–Kier alpha value is -0.940. The van der Waals surface area contributed by atoms with Crippen LogP contribution in [0.4, 0.5) is 0 Å². The molecule has 0 saturated heterocycles. The number of unbranched alkanes of at least 4 members (excludes halogenated alkanes) is 18. The maximum absolute atomic E-state index is 12.3. The third-order valence-corrected chi connectivity index (χ3v) is 10.2. The molecule has 0 aromatic heterocycles. The Morgan fingerprint density at radius 1 is 0.478 bits per heavy atom. The fourth-order valence-corrected chi connectivity index (χ4v) is 7.07. The van der Waals surface area contributed by atoms with Gasteiger partial charge in [-0.05, 0) is 61.1 Å². The van der Waals surface area contributed by atoms with Crippen LogP contribution in [-0.2, 0) is 33.1 Å². The van der Waals surface area contributed by atoms with Crippen molar-refractivity contribution in [1.29, 1.82) is 0 Å². The van der Waals surface area contributed by atoms with Gasteiger partial charge in [0.05, 0.1) is 0 Å². The fraction of sp³-hybridized carbons (Fsp3) is 0.667. The molecule has 2 rings (SSSR count). The molecule has 10 heteroatoms. The van der Waals surface area contributed by atoms with E-state index in [1.54, 1.807) is 12.1 Å². The van der Waals surface area contributed by atoms with Crippen molar-refractivity contribution in [2.75, 3.05) is 0 Å². The van der Waals surface area contributed by atoms with E-state index in [2.05, 4.69) is 13.8 Å². The summed E-state index contributed by atoms with van der Waals surface area (Å²) in [5.41, 5.74) is 1.49. The summed E-state index contributed by atoms with van der Waals surface area (Å²) in [5.74, 6) is -0.395. The Kier molecular flexibility index (Phi) is 22.7. The van der Waals surface area contributed by atoms with Crippen LogP contribution in [0.15, 0.2) is 46.2 Å². The summed E-state index contributed by atoms with van der Waals surface area (Å²) in [6, 6.07) is 9.07. The predicted molar refractivity (Wildman–Crippen MR) is 191 cm³/mol. The summed E-state index contributed by atoms with van der Waals surface area (Å²) in [6.07, 6.45) is 25.2. The molecular weight excluding hydrogens is 632 g/mol. The molecule has 2 aromatic rings. The van der Waals surface area contributed by atoms with E-state index in [0.29, 0.717) is 12.8 Å². The van der Waals surface area contributed by atoms with Crippen LogP contribution < -0.4 is 4.74 Å². The van der Waals surface area contributed by atoms with Gasteiger partial charge in [-0.25, -0.2) is 0 Å². The van der Waals surface area contributed by atoms with Gasteiger partial charge in [-0.1, -0.05) is 142 Å². The van der Waals surface area contributed by atoms with Gasteiger partial charge >= 0.3 is 29.6 Å². The van der Waals surface area contributed by atoms with E-state index in [0.717, 1.165) is 49.7 Å². The van der Waals surface area contributed by atoms with Crippen molar-refractivity contribution < 1.29 is 30.7 Å². The van der Waals surface area contributed by atoms with E-state index in [1.807, 2.05) is 0 Å². The third-order valence-electron chi connectivity index (χ3n) is 8.43. The first-order valence-corrected chi connectivity index (χ1v) is 20.3. The quantitative estimate of drug-likeness (QED) is 0.0573. The van der Waals surface area contributed by atoms with E-state index in [-0.39, 0.29) is 41.1 Å². The van der Waals surface area contributed by atoms with Gasteiger partial charge in [-0.3, -0.25) is 9.11 Å². The minimum absolute atomic E-state index is 0. The van der Waals surface area contributed by atoms with E-state index in [1.165, 1.54) is 114 Å². The molecular formula is C36H59NaO7S2. The molecule has 258 valence electrons. The summed E-state index contributed by atoms with van der Waals surface area (Å²) < 4.78 is 74.6. The molecule has 0 bridgehead atoms. The normalized spacial score (nSPS) is 11.8. The number of rotatable bonds is 26. The molecule has 2 aromatic carbocycles. The zero-order valence-corrected chi connectivity index (χ0v) is 29.4. The fourth-order valence-electron chi connectivity index (χ4n) is 5.74. The molecule has 0 saturated carbocycles. The molecule has 0 fully saturated rings. The van der Waals surface area contributed by atoms with E-state index in [9.17, 15) is 25.9 Å². The molecule has 0 heterocycles. The van der Waals surface area contributed by atoms with Crippen LogP contribution in [0.2, 0.25) is 0 Å². The van der Waals surface area contributed by atoms with Crippen LogP contribution >= 0.6 is 0 Å². The van der Waals surface area contributed by atoms with Crippen molar-refractivity contribution in [3.05, 3.63) is 47.5 Å². The van der Waals surface area contributed by atoms with E-state index < -0.39 is 30.0 Å². The molecule has 0 spiro atoms. The van der Waals surface area contributed by atoms with Gasteiger partial charge in [0.25, 0.3) is 20.2 Å². The Morgan fingerprint density at radius 3 is 1.04 bits per heavy atom. The second-order valence-electron chi connectivity index (χ2n) is 12.5. The van der Waals surface area contributed by atoms with E-state index >= 15 is 0 Å². The third kappa shape index (κ3) is 18.0. The van der Waals surface area contributed by atoms with Crippen LogP contribution in [0, 0.1) is 0 Å². The maximum atomic E-state index is 12.3. The molecule has 0 aliphatic rings. The van der Waals surface area contributed by atoms with Crippen molar-refractivity contribution in [1.82, 2.24) is 0 Å².